The van der Waals surface area contributed by atoms with Gasteiger partial charge in [0.1, 0.15) is 18.1 Å². The van der Waals surface area contributed by atoms with Crippen LogP contribution in [0.25, 0.3) is 0 Å². The predicted octanol–water partition coefficient (Wildman–Crippen LogP) is 8.20. The van der Waals surface area contributed by atoms with Gasteiger partial charge in [-0.25, -0.2) is 4.79 Å². The van der Waals surface area contributed by atoms with Gasteiger partial charge in [-0.15, -0.1) is 11.8 Å². The van der Waals surface area contributed by atoms with Gasteiger partial charge in [-0.2, -0.15) is 0 Å². The maximum atomic E-state index is 12.9. The van der Waals surface area contributed by atoms with Crippen molar-refractivity contribution in [2.45, 2.75) is 143 Å². The molecule has 0 amide bonds. The zero-order chi connectivity index (χ0) is 33.0. The molecule has 3 saturated heterocycles. The van der Waals surface area contributed by atoms with Crippen molar-refractivity contribution in [1.29, 1.82) is 0 Å². The van der Waals surface area contributed by atoms with Gasteiger partial charge in [-0.05, 0) is 54.6 Å². The fourth-order valence-corrected chi connectivity index (χ4v) is 8.46. The molecule has 3 aliphatic heterocycles. The van der Waals surface area contributed by atoms with E-state index in [1.165, 1.54) is 0 Å². The molecule has 6 unspecified atom stereocenters. The summed E-state index contributed by atoms with van der Waals surface area (Å²) in [6.45, 7) is 24.6. The molecular weight excluding hydrogens is 588 g/mol. The van der Waals surface area contributed by atoms with E-state index in [4.69, 9.17) is 28.4 Å². The van der Waals surface area contributed by atoms with Crippen LogP contribution in [0.5, 0.6) is 0 Å². The Kier molecular flexibility index (Phi) is 13.3. The molecule has 0 saturated carbocycles. The number of hydrogen-bond donors (Lipinski definition) is 0. The first-order chi connectivity index (χ1) is 21.4. The van der Waals surface area contributed by atoms with Crippen molar-refractivity contribution < 1.29 is 33.2 Å². The van der Waals surface area contributed by atoms with Crippen molar-refractivity contribution in [1.82, 2.24) is 0 Å². The largest absolute Gasteiger partial charge is 0.459 e. The minimum atomic E-state index is -0.429. The van der Waals surface area contributed by atoms with Crippen LogP contribution in [0.1, 0.15) is 99.4 Å². The molecule has 0 aliphatic carbocycles. The Morgan fingerprint density at radius 1 is 0.689 bits per heavy atom. The van der Waals surface area contributed by atoms with E-state index < -0.39 is 12.4 Å². The van der Waals surface area contributed by atoms with E-state index in [0.717, 1.165) is 12.8 Å². The Morgan fingerprint density at radius 3 is 1.80 bits per heavy atom. The fraction of sp³-hybridized carbons (Fsp3) is 0.811. The molecule has 1 aromatic rings. The minimum Gasteiger partial charge on any atom is -0.459 e. The number of benzene rings is 1. The van der Waals surface area contributed by atoms with Crippen LogP contribution in [-0.4, -0.2) is 66.4 Å². The number of carbonyl (C=O) groups is 1. The van der Waals surface area contributed by atoms with Crippen LogP contribution in [0, 0.1) is 41.4 Å². The summed E-state index contributed by atoms with van der Waals surface area (Å²) in [5.74, 6) is 1.65. The number of carbonyl (C=O) groups excluding carboxylic acids is 1. The van der Waals surface area contributed by atoms with E-state index in [2.05, 4.69) is 76.2 Å². The smallest absolute Gasteiger partial charge is 0.338 e. The van der Waals surface area contributed by atoms with E-state index in [1.807, 2.05) is 30.0 Å². The van der Waals surface area contributed by atoms with Crippen LogP contribution >= 0.6 is 11.8 Å². The molecule has 0 spiro atoms. The third-order valence-corrected chi connectivity index (χ3v) is 12.4. The summed E-state index contributed by atoms with van der Waals surface area (Å²) >= 11 is 1.82. The Labute approximate surface area is 277 Å². The maximum Gasteiger partial charge on any atom is 0.338 e. The van der Waals surface area contributed by atoms with Crippen molar-refractivity contribution in [3.63, 3.8) is 0 Å². The second-order valence-electron chi connectivity index (χ2n) is 14.3. The second-order valence-corrected chi connectivity index (χ2v) is 16.0. The normalized spacial score (nSPS) is 42.4. The van der Waals surface area contributed by atoms with Crippen molar-refractivity contribution >= 4 is 17.7 Å². The van der Waals surface area contributed by atoms with Gasteiger partial charge < -0.3 is 28.4 Å². The van der Waals surface area contributed by atoms with Gasteiger partial charge in [0.2, 0.25) is 0 Å². The van der Waals surface area contributed by atoms with Crippen LogP contribution in [-0.2, 0) is 28.4 Å². The molecule has 7 nitrogen and oxygen atoms in total. The third kappa shape index (κ3) is 8.47. The summed E-state index contributed by atoms with van der Waals surface area (Å²) < 4.78 is 39.6. The highest BCUT2D eigenvalue weighted by atomic mass is 32.2. The van der Waals surface area contributed by atoms with Gasteiger partial charge in [0, 0.05) is 17.1 Å². The zero-order valence-corrected chi connectivity index (χ0v) is 30.3. The monoisotopic (exact) mass is 648 g/mol. The standard InChI is InChI=1S/C37H60O7S/c1-12-29-22(6)21(5)25(9)35(40-29)43-32-23(7)26(10)36(41-30(32)13-2)44-33-24(8)27(11)37(45-20(3)4)42-31(33)19-39-34(38)28-17-15-14-16-18-28/h14-18,20-27,29-33,35-37H,12-13,19H2,1-11H3/t21-,22-,23+,24+,25?,26?,27?,29?,30?,31?,32-,33+,35-,36-,37-/m0/s1. The van der Waals surface area contributed by atoms with E-state index in [-0.39, 0.29) is 72.4 Å². The van der Waals surface area contributed by atoms with Gasteiger partial charge in [0.25, 0.3) is 0 Å². The SMILES string of the molecule is CCC1O[C@@H](O[C@@H]2C(CC)O[C@@H](O[C@H]3C(COC(=O)c4ccccc4)O[C@@H](SC(C)C)C(C)[C@H]3C)C(C)[C@H]2C)C(C)[C@@H](C)[C@@H]1C. The van der Waals surface area contributed by atoms with Gasteiger partial charge in [-0.3, -0.25) is 0 Å². The summed E-state index contributed by atoms with van der Waals surface area (Å²) in [6.07, 6.45) is 0.398. The first kappa shape index (κ1) is 36.7. The summed E-state index contributed by atoms with van der Waals surface area (Å²) in [6, 6.07) is 9.11. The molecule has 4 rings (SSSR count). The molecule has 3 aliphatic rings. The van der Waals surface area contributed by atoms with Crippen molar-refractivity contribution in [2.24, 2.45) is 41.4 Å². The molecule has 15 atom stereocenters. The number of ether oxygens (including phenoxy) is 6. The Balaban J connectivity index is 1.49. The van der Waals surface area contributed by atoms with Gasteiger partial charge in [0.15, 0.2) is 12.6 Å². The predicted molar refractivity (Wildman–Crippen MR) is 180 cm³/mol. The summed E-state index contributed by atoms with van der Waals surface area (Å²) in [5.41, 5.74) is 0.514. The number of rotatable bonds is 11. The summed E-state index contributed by atoms with van der Waals surface area (Å²) in [5, 5.41) is 0.411. The molecule has 1 aromatic carbocycles. The second kappa shape index (κ2) is 16.3. The van der Waals surface area contributed by atoms with Crippen molar-refractivity contribution in [2.75, 3.05) is 6.61 Å². The van der Waals surface area contributed by atoms with Gasteiger partial charge >= 0.3 is 5.97 Å². The van der Waals surface area contributed by atoms with Gasteiger partial charge in [0.05, 0.1) is 30.0 Å². The number of esters is 1. The van der Waals surface area contributed by atoms with E-state index >= 15 is 0 Å². The Bertz CT molecular complexity index is 1050. The first-order valence-electron chi connectivity index (χ1n) is 17.5. The molecule has 256 valence electrons. The average Bonchev–Trinajstić information content (AvgIpc) is 3.03. The molecule has 8 heteroatoms. The van der Waals surface area contributed by atoms with E-state index in [1.54, 1.807) is 12.1 Å². The lowest BCUT2D eigenvalue weighted by Gasteiger charge is -2.51. The highest BCUT2D eigenvalue weighted by Gasteiger charge is 2.50. The molecule has 3 heterocycles. The van der Waals surface area contributed by atoms with Gasteiger partial charge in [-0.1, -0.05) is 94.4 Å². The molecule has 45 heavy (non-hydrogen) atoms. The highest BCUT2D eigenvalue weighted by Crippen LogP contribution is 2.44. The molecule has 0 aromatic heterocycles. The molecule has 0 bridgehead atoms. The summed E-state index contributed by atoms with van der Waals surface area (Å²) in [7, 11) is 0. The minimum absolute atomic E-state index is 0.0143. The molecule has 3 fully saturated rings. The Hall–Kier alpha value is -1.16. The highest BCUT2D eigenvalue weighted by molar-refractivity contribution is 8.00. The number of thioether (sulfide) groups is 1. The van der Waals surface area contributed by atoms with Crippen LogP contribution in [0.2, 0.25) is 0 Å². The van der Waals surface area contributed by atoms with E-state index in [0.29, 0.717) is 28.6 Å². The van der Waals surface area contributed by atoms with Crippen LogP contribution < -0.4 is 0 Å². The van der Waals surface area contributed by atoms with Crippen molar-refractivity contribution in [3.8, 4) is 0 Å². The van der Waals surface area contributed by atoms with E-state index in [9.17, 15) is 4.79 Å². The number of hydrogen-bond acceptors (Lipinski definition) is 8. The lowest BCUT2D eigenvalue weighted by atomic mass is 9.78. The molecule has 0 radical (unpaired) electrons. The summed E-state index contributed by atoms with van der Waals surface area (Å²) in [4.78, 5) is 12.9. The van der Waals surface area contributed by atoms with Crippen molar-refractivity contribution in [3.05, 3.63) is 35.9 Å². The first-order valence-corrected chi connectivity index (χ1v) is 18.5. The third-order valence-electron chi connectivity index (χ3n) is 11.1. The average molecular weight is 649 g/mol. The maximum absolute atomic E-state index is 12.9. The van der Waals surface area contributed by atoms with Crippen LogP contribution in [0.3, 0.4) is 0 Å². The zero-order valence-electron chi connectivity index (χ0n) is 29.5. The topological polar surface area (TPSA) is 72.5 Å². The van der Waals surface area contributed by atoms with Crippen LogP contribution in [0.4, 0.5) is 0 Å². The quantitative estimate of drug-likeness (QED) is 0.223. The van der Waals surface area contributed by atoms with Crippen LogP contribution in [0.15, 0.2) is 30.3 Å². The Morgan fingerprint density at radius 2 is 1.22 bits per heavy atom. The lowest BCUT2D eigenvalue weighted by molar-refractivity contribution is -0.339. The fourth-order valence-electron chi connectivity index (χ4n) is 7.22. The molecular formula is C37H60O7S. The molecule has 0 N–H and O–H groups in total. The lowest BCUT2D eigenvalue weighted by Crippen LogP contribution is -2.58.